The van der Waals surface area contributed by atoms with E-state index in [0.29, 0.717) is 5.92 Å². The molecule has 0 radical (unpaired) electrons. The van der Waals surface area contributed by atoms with Gasteiger partial charge in [0.2, 0.25) is 0 Å². The molecule has 86 valence electrons. The first kappa shape index (κ1) is 12.6. The summed E-state index contributed by atoms with van der Waals surface area (Å²) in [6.45, 7) is 8.19. The number of nitrogens with two attached hydrogens (primary N) is 1. The van der Waals surface area contributed by atoms with Crippen LogP contribution in [0.25, 0.3) is 0 Å². The normalized spacial score (nSPS) is 13.4. The molecule has 1 aromatic heterocycles. The molecular weight excluding hydrogens is 206 g/mol. The van der Waals surface area contributed by atoms with Crippen LogP contribution in [0, 0.1) is 12.8 Å². The summed E-state index contributed by atoms with van der Waals surface area (Å²) in [4.78, 5) is 4.41. The largest absolute Gasteiger partial charge is 0.326 e. The molecule has 0 spiro atoms. The van der Waals surface area contributed by atoms with Gasteiger partial charge < -0.3 is 11.1 Å². The molecule has 0 amide bonds. The maximum absolute atomic E-state index is 5.92. The van der Waals surface area contributed by atoms with E-state index in [4.69, 9.17) is 5.73 Å². The molecule has 0 fully saturated rings. The van der Waals surface area contributed by atoms with E-state index in [1.165, 1.54) is 5.01 Å². The maximum atomic E-state index is 5.92. The molecule has 1 rings (SSSR count). The minimum atomic E-state index is 0.253. The molecule has 15 heavy (non-hydrogen) atoms. The molecule has 1 unspecified atom stereocenters. The second-order valence-corrected chi connectivity index (χ2v) is 5.19. The van der Waals surface area contributed by atoms with E-state index in [2.05, 4.69) is 29.5 Å². The number of rotatable bonds is 6. The Kier molecular flexibility index (Phi) is 5.22. The Morgan fingerprint density at radius 3 is 2.80 bits per heavy atom. The van der Waals surface area contributed by atoms with Crippen molar-refractivity contribution in [3.8, 4) is 0 Å². The zero-order valence-electron chi connectivity index (χ0n) is 9.79. The summed E-state index contributed by atoms with van der Waals surface area (Å²) in [5.74, 6) is 0.541. The Morgan fingerprint density at radius 1 is 1.53 bits per heavy atom. The van der Waals surface area contributed by atoms with Crippen molar-refractivity contribution in [3.05, 3.63) is 16.1 Å². The Bertz CT molecular complexity index is 283. The first-order valence-electron chi connectivity index (χ1n) is 5.47. The molecular formula is C11H21N3S. The highest BCUT2D eigenvalue weighted by Gasteiger charge is 2.06. The number of hydrogen-bond acceptors (Lipinski definition) is 4. The topological polar surface area (TPSA) is 50.9 Å². The van der Waals surface area contributed by atoms with Crippen molar-refractivity contribution in [2.45, 2.75) is 33.2 Å². The molecule has 3 N–H and O–H groups in total. The summed E-state index contributed by atoms with van der Waals surface area (Å²) in [7, 11) is 0. The van der Waals surface area contributed by atoms with Crippen molar-refractivity contribution in [1.82, 2.24) is 10.3 Å². The predicted molar refractivity (Wildman–Crippen MR) is 66.2 cm³/mol. The highest BCUT2D eigenvalue weighted by atomic mass is 32.1. The Morgan fingerprint density at radius 2 is 2.27 bits per heavy atom. The SMILES string of the molecule is Cc1csc(CCNCC(N)C(C)C)n1. The minimum Gasteiger partial charge on any atom is -0.326 e. The minimum absolute atomic E-state index is 0.253. The van der Waals surface area contributed by atoms with E-state index in [0.717, 1.165) is 25.2 Å². The monoisotopic (exact) mass is 227 g/mol. The summed E-state index contributed by atoms with van der Waals surface area (Å²) in [5, 5.41) is 6.66. The van der Waals surface area contributed by atoms with Gasteiger partial charge in [-0.1, -0.05) is 13.8 Å². The van der Waals surface area contributed by atoms with Crippen molar-refractivity contribution in [3.63, 3.8) is 0 Å². The summed E-state index contributed by atoms with van der Waals surface area (Å²) in [5.41, 5.74) is 7.04. The van der Waals surface area contributed by atoms with Crippen LogP contribution >= 0.6 is 11.3 Å². The maximum Gasteiger partial charge on any atom is 0.0940 e. The fourth-order valence-electron chi connectivity index (χ4n) is 1.22. The van der Waals surface area contributed by atoms with Crippen LogP contribution in [-0.4, -0.2) is 24.1 Å². The van der Waals surface area contributed by atoms with E-state index >= 15 is 0 Å². The van der Waals surface area contributed by atoms with Crippen molar-refractivity contribution in [2.75, 3.05) is 13.1 Å². The lowest BCUT2D eigenvalue weighted by Gasteiger charge is -2.15. The van der Waals surface area contributed by atoms with Gasteiger partial charge in [-0.15, -0.1) is 11.3 Å². The number of hydrogen-bond donors (Lipinski definition) is 2. The fourth-order valence-corrected chi connectivity index (χ4v) is 1.99. The van der Waals surface area contributed by atoms with Gasteiger partial charge in [-0.2, -0.15) is 0 Å². The molecule has 1 aromatic rings. The molecule has 1 atom stereocenters. The Labute approximate surface area is 96.1 Å². The summed E-state index contributed by atoms with van der Waals surface area (Å²) >= 11 is 1.73. The molecule has 0 saturated carbocycles. The zero-order valence-corrected chi connectivity index (χ0v) is 10.6. The van der Waals surface area contributed by atoms with Gasteiger partial charge in [0.05, 0.1) is 5.01 Å². The zero-order chi connectivity index (χ0) is 11.3. The molecule has 1 heterocycles. The average molecular weight is 227 g/mol. The first-order valence-corrected chi connectivity index (χ1v) is 6.35. The second-order valence-electron chi connectivity index (χ2n) is 4.24. The third-order valence-corrected chi connectivity index (χ3v) is 3.45. The van der Waals surface area contributed by atoms with Gasteiger partial charge in [0.1, 0.15) is 0 Å². The van der Waals surface area contributed by atoms with Crippen LogP contribution in [0.4, 0.5) is 0 Å². The van der Waals surface area contributed by atoms with E-state index in [-0.39, 0.29) is 6.04 Å². The smallest absolute Gasteiger partial charge is 0.0940 e. The van der Waals surface area contributed by atoms with Crippen LogP contribution in [0.15, 0.2) is 5.38 Å². The molecule has 0 saturated heterocycles. The van der Waals surface area contributed by atoms with E-state index < -0.39 is 0 Å². The van der Waals surface area contributed by atoms with E-state index in [1.54, 1.807) is 11.3 Å². The van der Waals surface area contributed by atoms with Crippen LogP contribution in [0.5, 0.6) is 0 Å². The van der Waals surface area contributed by atoms with Crippen molar-refractivity contribution < 1.29 is 0 Å². The third-order valence-electron chi connectivity index (χ3n) is 2.42. The fraction of sp³-hybridized carbons (Fsp3) is 0.727. The van der Waals surface area contributed by atoms with Gasteiger partial charge in [0.25, 0.3) is 0 Å². The summed E-state index contributed by atoms with van der Waals surface area (Å²) in [6, 6.07) is 0.253. The molecule has 4 heteroatoms. The van der Waals surface area contributed by atoms with Crippen LogP contribution in [0.2, 0.25) is 0 Å². The highest BCUT2D eigenvalue weighted by Crippen LogP contribution is 2.08. The molecule has 0 aliphatic rings. The standard InChI is InChI=1S/C11H21N3S/c1-8(2)10(12)6-13-5-4-11-14-9(3)7-15-11/h7-8,10,13H,4-6,12H2,1-3H3. The van der Waals surface area contributed by atoms with Gasteiger partial charge in [-0.25, -0.2) is 4.98 Å². The van der Waals surface area contributed by atoms with E-state index in [9.17, 15) is 0 Å². The van der Waals surface area contributed by atoms with Crippen molar-refractivity contribution in [1.29, 1.82) is 0 Å². The number of aryl methyl sites for hydroxylation is 1. The van der Waals surface area contributed by atoms with Crippen molar-refractivity contribution in [2.24, 2.45) is 11.7 Å². The molecule has 3 nitrogen and oxygen atoms in total. The summed E-state index contributed by atoms with van der Waals surface area (Å²) in [6.07, 6.45) is 1.00. The van der Waals surface area contributed by atoms with Gasteiger partial charge >= 0.3 is 0 Å². The number of aromatic nitrogens is 1. The molecule has 0 aliphatic carbocycles. The van der Waals surface area contributed by atoms with Crippen LogP contribution in [-0.2, 0) is 6.42 Å². The van der Waals surface area contributed by atoms with Gasteiger partial charge in [-0.3, -0.25) is 0 Å². The molecule has 0 aliphatic heterocycles. The van der Waals surface area contributed by atoms with E-state index in [1.807, 2.05) is 6.92 Å². The van der Waals surface area contributed by atoms with Crippen LogP contribution < -0.4 is 11.1 Å². The van der Waals surface area contributed by atoms with Gasteiger partial charge in [-0.05, 0) is 12.8 Å². The second kappa shape index (κ2) is 6.20. The molecule has 0 aromatic carbocycles. The van der Waals surface area contributed by atoms with Gasteiger partial charge in [0, 0.05) is 36.6 Å². The lowest BCUT2D eigenvalue weighted by molar-refractivity contribution is 0.460. The number of thiazole rings is 1. The number of nitrogens with zero attached hydrogens (tertiary/aromatic N) is 1. The lowest BCUT2D eigenvalue weighted by atomic mass is 10.1. The first-order chi connectivity index (χ1) is 7.09. The summed E-state index contributed by atoms with van der Waals surface area (Å²) < 4.78 is 0. The van der Waals surface area contributed by atoms with Crippen LogP contribution in [0.1, 0.15) is 24.5 Å². The Hall–Kier alpha value is -0.450. The number of nitrogens with one attached hydrogen (secondary N) is 1. The molecule has 0 bridgehead atoms. The third kappa shape index (κ3) is 4.73. The Balaban J connectivity index is 2.12. The quantitative estimate of drug-likeness (QED) is 0.725. The average Bonchev–Trinajstić information content (AvgIpc) is 2.58. The van der Waals surface area contributed by atoms with Crippen LogP contribution in [0.3, 0.4) is 0 Å². The lowest BCUT2D eigenvalue weighted by Crippen LogP contribution is -2.38. The van der Waals surface area contributed by atoms with Gasteiger partial charge in [0.15, 0.2) is 0 Å². The highest BCUT2D eigenvalue weighted by molar-refractivity contribution is 7.09. The van der Waals surface area contributed by atoms with Crippen molar-refractivity contribution >= 4 is 11.3 Å². The predicted octanol–water partition coefficient (Wildman–Crippen LogP) is 1.57.